The molecule has 1 fully saturated rings. The van der Waals surface area contributed by atoms with Gasteiger partial charge in [-0.25, -0.2) is 4.79 Å². The van der Waals surface area contributed by atoms with Gasteiger partial charge in [0.15, 0.2) is 0 Å². The van der Waals surface area contributed by atoms with Crippen LogP contribution in [0.1, 0.15) is 46.2 Å². The van der Waals surface area contributed by atoms with Crippen LogP contribution in [-0.2, 0) is 0 Å². The molecule has 0 radical (unpaired) electrons. The molecule has 1 aliphatic carbocycles. The van der Waals surface area contributed by atoms with Crippen LogP contribution in [0.5, 0.6) is 0 Å². The second-order valence-corrected chi connectivity index (χ2v) is 6.89. The van der Waals surface area contributed by atoms with E-state index in [1.54, 1.807) is 0 Å². The highest BCUT2D eigenvalue weighted by atomic mass is 16.2. The molecule has 2 amide bonds. The molecule has 1 atom stereocenters. The van der Waals surface area contributed by atoms with Gasteiger partial charge in [-0.1, -0.05) is 39.8 Å². The summed E-state index contributed by atoms with van der Waals surface area (Å²) in [5.74, 6) is 0. The van der Waals surface area contributed by atoms with Crippen LogP contribution < -0.4 is 16.4 Å². The van der Waals surface area contributed by atoms with Crippen LogP contribution in [-0.4, -0.2) is 12.1 Å². The fraction of sp³-hybridized carbons (Fsp3) is 0.562. The van der Waals surface area contributed by atoms with E-state index >= 15 is 0 Å². The highest BCUT2D eigenvalue weighted by molar-refractivity contribution is 5.89. The zero-order valence-electron chi connectivity index (χ0n) is 12.9. The lowest BCUT2D eigenvalue weighted by Gasteiger charge is -2.10. The van der Waals surface area contributed by atoms with Crippen molar-refractivity contribution in [3.05, 3.63) is 29.8 Å². The van der Waals surface area contributed by atoms with E-state index in [0.29, 0.717) is 0 Å². The van der Waals surface area contributed by atoms with Gasteiger partial charge in [-0.2, -0.15) is 0 Å². The van der Waals surface area contributed by atoms with Crippen molar-refractivity contribution >= 4 is 11.7 Å². The highest BCUT2D eigenvalue weighted by Gasteiger charge is 2.65. The number of rotatable bonds is 3. The van der Waals surface area contributed by atoms with E-state index in [-0.39, 0.29) is 28.9 Å². The molecule has 0 aromatic heterocycles. The van der Waals surface area contributed by atoms with Crippen LogP contribution in [0.4, 0.5) is 10.5 Å². The van der Waals surface area contributed by atoms with Crippen LogP contribution >= 0.6 is 0 Å². The number of hydrogen-bond acceptors (Lipinski definition) is 2. The standard InChI is InChI=1S/C16H25N3O/c1-10(17)11-6-8-12(9-7-11)18-14(20)19-13-15(2,3)16(13,4)5/h6-10,13H,17H2,1-5H3,(H2,18,19,20). The first kappa shape index (κ1) is 14.9. The number of anilines is 1. The largest absolute Gasteiger partial charge is 0.334 e. The van der Waals surface area contributed by atoms with E-state index in [1.807, 2.05) is 31.2 Å². The van der Waals surface area contributed by atoms with Crippen LogP contribution in [0.15, 0.2) is 24.3 Å². The maximum atomic E-state index is 12.0. The molecule has 4 N–H and O–H groups in total. The third kappa shape index (κ3) is 2.52. The van der Waals surface area contributed by atoms with Gasteiger partial charge in [0.1, 0.15) is 0 Å². The molecule has 20 heavy (non-hydrogen) atoms. The summed E-state index contributed by atoms with van der Waals surface area (Å²) in [6.07, 6.45) is 0. The van der Waals surface area contributed by atoms with Gasteiger partial charge >= 0.3 is 6.03 Å². The topological polar surface area (TPSA) is 67.1 Å². The van der Waals surface area contributed by atoms with Crippen molar-refractivity contribution < 1.29 is 4.79 Å². The molecule has 1 aliphatic rings. The van der Waals surface area contributed by atoms with E-state index in [2.05, 4.69) is 38.3 Å². The van der Waals surface area contributed by atoms with Crippen molar-refractivity contribution in [2.24, 2.45) is 16.6 Å². The Morgan fingerprint density at radius 2 is 1.65 bits per heavy atom. The van der Waals surface area contributed by atoms with Crippen molar-refractivity contribution in [1.82, 2.24) is 5.32 Å². The molecule has 0 saturated heterocycles. The summed E-state index contributed by atoms with van der Waals surface area (Å²) >= 11 is 0. The van der Waals surface area contributed by atoms with Crippen LogP contribution in [0.2, 0.25) is 0 Å². The van der Waals surface area contributed by atoms with Gasteiger partial charge in [0, 0.05) is 17.8 Å². The molecule has 1 unspecified atom stereocenters. The van der Waals surface area contributed by atoms with Gasteiger partial charge in [-0.3, -0.25) is 0 Å². The molecule has 1 aromatic carbocycles. The third-order valence-electron chi connectivity index (χ3n) is 4.99. The number of carbonyl (C=O) groups is 1. The molecule has 1 saturated carbocycles. The molecule has 0 heterocycles. The molecule has 0 bridgehead atoms. The first-order chi connectivity index (χ1) is 9.16. The van der Waals surface area contributed by atoms with Crippen molar-refractivity contribution in [3.8, 4) is 0 Å². The Bertz CT molecular complexity index is 489. The Morgan fingerprint density at radius 1 is 1.15 bits per heavy atom. The number of carbonyl (C=O) groups excluding carboxylic acids is 1. The summed E-state index contributed by atoms with van der Waals surface area (Å²) in [6, 6.07) is 7.69. The fourth-order valence-electron chi connectivity index (χ4n) is 2.73. The van der Waals surface area contributed by atoms with Crippen molar-refractivity contribution in [1.29, 1.82) is 0 Å². The summed E-state index contributed by atoms with van der Waals surface area (Å²) in [6.45, 7) is 10.6. The molecule has 110 valence electrons. The quantitative estimate of drug-likeness (QED) is 0.792. The van der Waals surface area contributed by atoms with Crippen molar-refractivity contribution in [2.45, 2.75) is 46.7 Å². The molecule has 1 aromatic rings. The molecular weight excluding hydrogens is 250 g/mol. The predicted molar refractivity (Wildman–Crippen MR) is 82.5 cm³/mol. The van der Waals surface area contributed by atoms with E-state index in [9.17, 15) is 4.79 Å². The molecule has 4 heteroatoms. The predicted octanol–water partition coefficient (Wildman–Crippen LogP) is 3.26. The van der Waals surface area contributed by atoms with Gasteiger partial charge in [-0.05, 0) is 35.4 Å². The summed E-state index contributed by atoms with van der Waals surface area (Å²) in [4.78, 5) is 12.0. The average molecular weight is 275 g/mol. The Kier molecular flexibility index (Phi) is 3.54. The van der Waals surface area contributed by atoms with Gasteiger partial charge < -0.3 is 16.4 Å². The minimum Gasteiger partial charge on any atom is -0.334 e. The van der Waals surface area contributed by atoms with E-state index < -0.39 is 0 Å². The highest BCUT2D eigenvalue weighted by Crippen LogP contribution is 2.62. The summed E-state index contributed by atoms with van der Waals surface area (Å²) < 4.78 is 0. The van der Waals surface area contributed by atoms with Gasteiger partial charge in [0.2, 0.25) is 0 Å². The lowest BCUT2D eigenvalue weighted by molar-refractivity contribution is 0.250. The second-order valence-electron chi connectivity index (χ2n) is 6.89. The number of amides is 2. The summed E-state index contributed by atoms with van der Waals surface area (Å²) in [7, 11) is 0. The minimum atomic E-state index is -0.151. The number of hydrogen-bond donors (Lipinski definition) is 3. The maximum Gasteiger partial charge on any atom is 0.319 e. The smallest absolute Gasteiger partial charge is 0.319 e. The Balaban J connectivity index is 1.93. The van der Waals surface area contributed by atoms with Crippen molar-refractivity contribution in [3.63, 3.8) is 0 Å². The second kappa shape index (κ2) is 4.77. The first-order valence-corrected chi connectivity index (χ1v) is 7.09. The molecule has 0 spiro atoms. The van der Waals surface area contributed by atoms with Crippen LogP contribution in [0.25, 0.3) is 0 Å². The number of urea groups is 1. The average Bonchev–Trinajstić information content (AvgIpc) is 2.72. The monoisotopic (exact) mass is 275 g/mol. The lowest BCUT2D eigenvalue weighted by Crippen LogP contribution is -2.33. The van der Waals surface area contributed by atoms with Crippen molar-refractivity contribution in [2.75, 3.05) is 5.32 Å². The normalized spacial score (nSPS) is 21.1. The molecular formula is C16H25N3O. The minimum absolute atomic E-state index is 0.00550. The zero-order valence-corrected chi connectivity index (χ0v) is 12.9. The number of benzene rings is 1. The van der Waals surface area contributed by atoms with E-state index in [0.717, 1.165) is 11.3 Å². The molecule has 4 nitrogen and oxygen atoms in total. The Labute approximate surface area is 121 Å². The first-order valence-electron chi connectivity index (χ1n) is 7.09. The lowest BCUT2D eigenvalue weighted by atomic mass is 10.0. The maximum absolute atomic E-state index is 12.0. The zero-order chi connectivity index (χ0) is 15.1. The SMILES string of the molecule is CC(N)c1ccc(NC(=O)NC2C(C)(C)C2(C)C)cc1. The van der Waals surface area contributed by atoms with Gasteiger partial charge in [-0.15, -0.1) is 0 Å². The van der Waals surface area contributed by atoms with Gasteiger partial charge in [0.05, 0.1) is 0 Å². The van der Waals surface area contributed by atoms with Gasteiger partial charge in [0.25, 0.3) is 0 Å². The number of nitrogens with one attached hydrogen (secondary N) is 2. The molecule has 0 aliphatic heterocycles. The Morgan fingerprint density at radius 3 is 2.05 bits per heavy atom. The molecule has 2 rings (SSSR count). The van der Waals surface area contributed by atoms with E-state index in [1.165, 1.54) is 0 Å². The third-order valence-corrected chi connectivity index (χ3v) is 4.99. The van der Waals surface area contributed by atoms with Crippen LogP contribution in [0, 0.1) is 10.8 Å². The number of nitrogens with two attached hydrogens (primary N) is 1. The van der Waals surface area contributed by atoms with Crippen LogP contribution in [0.3, 0.4) is 0 Å². The van der Waals surface area contributed by atoms with E-state index in [4.69, 9.17) is 5.73 Å². The summed E-state index contributed by atoms with van der Waals surface area (Å²) in [5, 5.41) is 5.91. The Hall–Kier alpha value is -1.55. The fourth-order valence-corrected chi connectivity index (χ4v) is 2.73. The summed E-state index contributed by atoms with van der Waals surface area (Å²) in [5.41, 5.74) is 7.92.